The van der Waals surface area contributed by atoms with E-state index in [2.05, 4.69) is 15.0 Å². The van der Waals surface area contributed by atoms with Crippen LogP contribution in [0, 0.1) is 0 Å². The van der Waals surface area contributed by atoms with Gasteiger partial charge in [0.2, 0.25) is 0 Å². The summed E-state index contributed by atoms with van der Waals surface area (Å²) in [5, 5.41) is 31.9. The quantitative estimate of drug-likeness (QED) is 0.218. The van der Waals surface area contributed by atoms with Crippen molar-refractivity contribution >= 4 is 51.5 Å². The summed E-state index contributed by atoms with van der Waals surface area (Å²) in [6.07, 6.45) is 2.63. The van der Waals surface area contributed by atoms with Crippen molar-refractivity contribution in [2.24, 2.45) is 0 Å². The number of aromatic nitrogens is 3. The van der Waals surface area contributed by atoms with Crippen LogP contribution in [-0.4, -0.2) is 30.3 Å². The van der Waals surface area contributed by atoms with Crippen molar-refractivity contribution in [3.8, 4) is 0 Å². The molecule has 3 N–H and O–H groups in total. The van der Waals surface area contributed by atoms with Crippen LogP contribution in [0.3, 0.4) is 0 Å². The van der Waals surface area contributed by atoms with Crippen molar-refractivity contribution < 1.29 is 15.3 Å². The van der Waals surface area contributed by atoms with Crippen molar-refractivity contribution in [2.75, 3.05) is 0 Å². The zero-order valence-corrected chi connectivity index (χ0v) is 20.7. The third kappa shape index (κ3) is 5.52. The third-order valence-electron chi connectivity index (χ3n) is 5.21. The maximum Gasteiger partial charge on any atom is 0.167 e. The Labute approximate surface area is 222 Å². The fourth-order valence-corrected chi connectivity index (χ4v) is 3.79. The van der Waals surface area contributed by atoms with E-state index in [0.717, 1.165) is 18.8 Å². The highest BCUT2D eigenvalue weighted by Gasteiger charge is 2.20. The number of hydrogen-bond donors (Lipinski definition) is 3. The lowest BCUT2D eigenvalue weighted by atomic mass is 10.0. The van der Waals surface area contributed by atoms with Crippen molar-refractivity contribution in [2.45, 2.75) is 0 Å². The van der Waals surface area contributed by atoms with Crippen LogP contribution in [0.4, 0.5) is 0 Å². The minimum Gasteiger partial charge on any atom is -0.515 e. The summed E-state index contributed by atoms with van der Waals surface area (Å²) in [6, 6.07) is 20.3. The van der Waals surface area contributed by atoms with Gasteiger partial charge in [-0.1, -0.05) is 71.2 Å². The predicted octanol–water partition coefficient (Wildman–Crippen LogP) is 7.67. The van der Waals surface area contributed by atoms with Crippen LogP contribution in [0.2, 0.25) is 15.1 Å². The van der Waals surface area contributed by atoms with E-state index in [9.17, 15) is 15.3 Å². The monoisotopic (exact) mass is 537 g/mol. The molecular weight excluding hydrogens is 521 g/mol. The minimum absolute atomic E-state index is 0.0986. The Balaban J connectivity index is 1.93. The lowest BCUT2D eigenvalue weighted by molar-refractivity contribution is 0.475. The molecule has 0 bridgehead atoms. The molecule has 0 saturated heterocycles. The molecule has 4 rings (SSSR count). The number of aliphatic hydroxyl groups excluding tert-OH is 3. The largest absolute Gasteiger partial charge is 0.515 e. The summed E-state index contributed by atoms with van der Waals surface area (Å²) in [6.45, 7) is 0. The Bertz CT molecular complexity index is 1270. The first-order chi connectivity index (χ1) is 17.4. The van der Waals surface area contributed by atoms with E-state index in [1.165, 1.54) is 0 Å². The average Bonchev–Trinajstić information content (AvgIpc) is 2.89. The summed E-state index contributed by atoms with van der Waals surface area (Å²) in [4.78, 5) is 13.6. The normalized spacial score (nSPS) is 12.6. The molecule has 4 aromatic rings. The van der Waals surface area contributed by atoms with Crippen molar-refractivity contribution in [3.63, 3.8) is 0 Å². The maximum atomic E-state index is 10.1. The molecule has 0 aliphatic carbocycles. The zero-order chi connectivity index (χ0) is 25.7. The first-order valence-corrected chi connectivity index (χ1v) is 11.6. The number of nitrogens with zero attached hydrogens (tertiary/aromatic N) is 3. The van der Waals surface area contributed by atoms with E-state index < -0.39 is 0 Å². The van der Waals surface area contributed by atoms with E-state index in [4.69, 9.17) is 34.8 Å². The first-order valence-electron chi connectivity index (χ1n) is 10.5. The van der Waals surface area contributed by atoms with Gasteiger partial charge in [0.15, 0.2) is 17.5 Å². The van der Waals surface area contributed by atoms with E-state index in [1.54, 1.807) is 72.8 Å². The van der Waals surface area contributed by atoms with Crippen molar-refractivity contribution in [1.29, 1.82) is 0 Å². The molecule has 6 nitrogen and oxygen atoms in total. The summed E-state index contributed by atoms with van der Waals surface area (Å²) >= 11 is 18.1. The molecule has 3 aromatic carbocycles. The second-order valence-corrected chi connectivity index (χ2v) is 8.76. The highest BCUT2D eigenvalue weighted by atomic mass is 35.5. The molecule has 1 aromatic heterocycles. The summed E-state index contributed by atoms with van der Waals surface area (Å²) in [5.74, 6) is 0.296. The van der Waals surface area contributed by atoms with Gasteiger partial charge in [0.05, 0.1) is 35.5 Å². The molecule has 0 spiro atoms. The fourth-order valence-electron chi connectivity index (χ4n) is 3.41. The molecule has 0 atom stereocenters. The molecule has 0 fully saturated rings. The number of halogens is 3. The van der Waals surface area contributed by atoms with Crippen LogP contribution < -0.4 is 0 Å². The Kier molecular flexibility index (Phi) is 7.90. The lowest BCUT2D eigenvalue weighted by Gasteiger charge is -2.13. The van der Waals surface area contributed by atoms with Gasteiger partial charge in [0.1, 0.15) is 0 Å². The minimum atomic E-state index is 0.0986. The Morgan fingerprint density at radius 3 is 0.861 bits per heavy atom. The molecule has 0 unspecified atom stereocenters. The van der Waals surface area contributed by atoms with Gasteiger partial charge in [-0.05, 0) is 53.1 Å². The Hall–Kier alpha value is -3.84. The van der Waals surface area contributed by atoms with Crippen LogP contribution in [0.25, 0.3) is 16.7 Å². The van der Waals surface area contributed by atoms with Crippen LogP contribution in [0.5, 0.6) is 0 Å². The molecule has 0 aliphatic rings. The van der Waals surface area contributed by atoms with Gasteiger partial charge in [-0.3, -0.25) is 0 Å². The predicted molar refractivity (Wildman–Crippen MR) is 143 cm³/mol. The Morgan fingerprint density at radius 2 is 0.667 bits per heavy atom. The summed E-state index contributed by atoms with van der Waals surface area (Å²) in [7, 11) is 0. The molecule has 0 radical (unpaired) electrons. The van der Waals surface area contributed by atoms with Gasteiger partial charge in [-0.15, -0.1) is 0 Å². The van der Waals surface area contributed by atoms with Crippen molar-refractivity contribution in [3.05, 3.63) is 141 Å². The highest BCUT2D eigenvalue weighted by molar-refractivity contribution is 6.31. The van der Waals surface area contributed by atoms with E-state index >= 15 is 0 Å². The van der Waals surface area contributed by atoms with Gasteiger partial charge >= 0.3 is 0 Å². The number of hydrogen-bond acceptors (Lipinski definition) is 6. The van der Waals surface area contributed by atoms with Crippen LogP contribution >= 0.6 is 34.8 Å². The standard InChI is InChI=1S/C27H18Cl3N3O3/c28-19-7-1-16(2-8-19)22(13-34)25-31-26(23(14-35)17-3-9-20(29)10-4-17)33-27(32-25)24(15-36)18-5-11-21(30)12-6-18/h1-15,34-36H/b22-13+,23-14+,24-15+. The molecule has 180 valence electrons. The third-order valence-corrected chi connectivity index (χ3v) is 5.97. The molecule has 36 heavy (non-hydrogen) atoms. The second-order valence-electron chi connectivity index (χ2n) is 7.46. The fraction of sp³-hybridized carbons (Fsp3) is 0. The molecule has 0 aliphatic heterocycles. The van der Waals surface area contributed by atoms with Crippen LogP contribution in [0.15, 0.2) is 91.6 Å². The smallest absolute Gasteiger partial charge is 0.167 e. The molecule has 0 amide bonds. The van der Waals surface area contributed by atoms with Gasteiger partial charge < -0.3 is 15.3 Å². The van der Waals surface area contributed by atoms with E-state index in [-0.39, 0.29) is 34.2 Å². The van der Waals surface area contributed by atoms with Gasteiger partial charge in [-0.2, -0.15) is 0 Å². The molecular formula is C27H18Cl3N3O3. The molecule has 0 saturated carbocycles. The highest BCUT2D eigenvalue weighted by Crippen LogP contribution is 2.29. The lowest BCUT2D eigenvalue weighted by Crippen LogP contribution is -2.09. The molecule has 9 heteroatoms. The van der Waals surface area contributed by atoms with Crippen molar-refractivity contribution in [1.82, 2.24) is 15.0 Å². The first kappa shape index (κ1) is 25.3. The van der Waals surface area contributed by atoms with Gasteiger partial charge in [0, 0.05) is 15.1 Å². The summed E-state index contributed by atoms with van der Waals surface area (Å²) in [5.41, 5.74) is 2.60. The Morgan fingerprint density at radius 1 is 0.444 bits per heavy atom. The SMILES string of the molecule is O/C=C(\c1ccc(Cl)cc1)c1nc(/C(=C/O)c2ccc(Cl)cc2)nc(/C(=C/O)c2ccc(Cl)cc2)n1. The topological polar surface area (TPSA) is 99.4 Å². The zero-order valence-electron chi connectivity index (χ0n) is 18.5. The number of aliphatic hydroxyl groups is 3. The number of rotatable bonds is 6. The average molecular weight is 539 g/mol. The second kappa shape index (κ2) is 11.3. The number of benzene rings is 3. The van der Waals surface area contributed by atoms with E-state index in [0.29, 0.717) is 31.8 Å². The van der Waals surface area contributed by atoms with Gasteiger partial charge in [-0.25, -0.2) is 15.0 Å². The maximum absolute atomic E-state index is 10.1. The summed E-state index contributed by atoms with van der Waals surface area (Å²) < 4.78 is 0. The van der Waals surface area contributed by atoms with Crippen LogP contribution in [0.1, 0.15) is 34.2 Å². The van der Waals surface area contributed by atoms with E-state index in [1.807, 2.05) is 0 Å². The molecule has 1 heterocycles. The van der Waals surface area contributed by atoms with Crippen LogP contribution in [-0.2, 0) is 0 Å². The van der Waals surface area contributed by atoms with Gasteiger partial charge in [0.25, 0.3) is 0 Å².